The van der Waals surface area contributed by atoms with Gasteiger partial charge in [0, 0.05) is 23.2 Å². The highest BCUT2D eigenvalue weighted by molar-refractivity contribution is 7.99. The number of carbonyl (C=O) groups is 1. The molecule has 1 heterocycles. The fraction of sp³-hybridized carbons (Fsp3) is 0.417. The van der Waals surface area contributed by atoms with Crippen LogP contribution in [0.4, 0.5) is 5.13 Å². The molecular formula is C24H31N3O2S2. The SMILES string of the molecule is CCOc1cccc2sc(N(CCN(C)C)C(=O)Cc3ccc(SC(C)C)cc3)nc12. The normalized spacial score (nSPS) is 11.5. The zero-order valence-electron chi connectivity index (χ0n) is 18.9. The van der Waals surface area contributed by atoms with Crippen LogP contribution in [0.3, 0.4) is 0 Å². The number of hydrogen-bond donors (Lipinski definition) is 0. The predicted octanol–water partition coefficient (Wildman–Crippen LogP) is 5.33. The summed E-state index contributed by atoms with van der Waals surface area (Å²) in [5.74, 6) is 0.823. The van der Waals surface area contributed by atoms with Crippen LogP contribution in [0.25, 0.3) is 10.2 Å². The zero-order valence-corrected chi connectivity index (χ0v) is 20.6. The second-order valence-corrected chi connectivity index (χ2v) is 10.5. The van der Waals surface area contributed by atoms with E-state index < -0.39 is 0 Å². The number of para-hydroxylation sites is 1. The summed E-state index contributed by atoms with van der Waals surface area (Å²) in [6.07, 6.45) is 0.355. The molecule has 0 spiro atoms. The molecule has 0 unspecified atom stereocenters. The summed E-state index contributed by atoms with van der Waals surface area (Å²) in [6.45, 7) is 8.27. The summed E-state index contributed by atoms with van der Waals surface area (Å²) >= 11 is 3.36. The van der Waals surface area contributed by atoms with Gasteiger partial charge in [-0.1, -0.05) is 43.4 Å². The molecule has 0 fully saturated rings. The highest BCUT2D eigenvalue weighted by Crippen LogP contribution is 2.34. The van der Waals surface area contributed by atoms with Crippen LogP contribution >= 0.6 is 23.1 Å². The van der Waals surface area contributed by atoms with E-state index in [1.807, 2.05) is 55.9 Å². The fourth-order valence-electron chi connectivity index (χ4n) is 3.15. The smallest absolute Gasteiger partial charge is 0.233 e. The highest BCUT2D eigenvalue weighted by atomic mass is 32.2. The van der Waals surface area contributed by atoms with Crippen molar-refractivity contribution in [2.24, 2.45) is 0 Å². The third kappa shape index (κ3) is 6.45. The van der Waals surface area contributed by atoms with Gasteiger partial charge in [-0.15, -0.1) is 11.8 Å². The molecule has 7 heteroatoms. The first-order valence-corrected chi connectivity index (χ1v) is 12.3. The first kappa shape index (κ1) is 23.6. The molecule has 5 nitrogen and oxygen atoms in total. The number of rotatable bonds is 10. The summed E-state index contributed by atoms with van der Waals surface area (Å²) in [7, 11) is 4.03. The topological polar surface area (TPSA) is 45.7 Å². The van der Waals surface area contributed by atoms with Gasteiger partial charge in [-0.2, -0.15) is 0 Å². The molecule has 0 atom stereocenters. The molecule has 166 valence electrons. The van der Waals surface area contributed by atoms with Crippen LogP contribution in [0.5, 0.6) is 5.75 Å². The average Bonchev–Trinajstić information content (AvgIpc) is 3.14. The van der Waals surface area contributed by atoms with Gasteiger partial charge in [0.2, 0.25) is 5.91 Å². The van der Waals surface area contributed by atoms with Crippen molar-refractivity contribution in [1.29, 1.82) is 0 Å². The van der Waals surface area contributed by atoms with Crippen molar-refractivity contribution in [3.63, 3.8) is 0 Å². The van der Waals surface area contributed by atoms with Gasteiger partial charge in [0.25, 0.3) is 0 Å². The molecule has 3 aromatic rings. The number of thioether (sulfide) groups is 1. The molecule has 1 aromatic heterocycles. The first-order valence-electron chi connectivity index (χ1n) is 10.6. The fourth-order valence-corrected chi connectivity index (χ4v) is 5.02. The minimum Gasteiger partial charge on any atom is -0.492 e. The summed E-state index contributed by atoms with van der Waals surface area (Å²) in [5.41, 5.74) is 1.84. The molecule has 0 N–H and O–H groups in total. The Morgan fingerprint density at radius 2 is 1.87 bits per heavy atom. The van der Waals surface area contributed by atoms with Crippen molar-refractivity contribution in [3.05, 3.63) is 48.0 Å². The van der Waals surface area contributed by atoms with Crippen molar-refractivity contribution >= 4 is 44.4 Å². The second kappa shape index (κ2) is 11.0. The lowest BCUT2D eigenvalue weighted by Gasteiger charge is -2.22. The van der Waals surface area contributed by atoms with E-state index in [4.69, 9.17) is 9.72 Å². The summed E-state index contributed by atoms with van der Waals surface area (Å²) < 4.78 is 6.76. The third-order valence-electron chi connectivity index (χ3n) is 4.62. The molecule has 0 radical (unpaired) electrons. The van der Waals surface area contributed by atoms with Crippen molar-refractivity contribution in [1.82, 2.24) is 9.88 Å². The van der Waals surface area contributed by atoms with Gasteiger partial charge in [0.15, 0.2) is 5.13 Å². The number of likely N-dealkylation sites (N-methyl/N-ethyl adjacent to an activating group) is 1. The first-order chi connectivity index (χ1) is 14.9. The maximum absolute atomic E-state index is 13.3. The quantitative estimate of drug-likeness (QED) is 0.385. The van der Waals surface area contributed by atoms with Gasteiger partial charge in [-0.25, -0.2) is 4.98 Å². The lowest BCUT2D eigenvalue weighted by Crippen LogP contribution is -2.37. The predicted molar refractivity (Wildman–Crippen MR) is 133 cm³/mol. The van der Waals surface area contributed by atoms with Crippen molar-refractivity contribution in [2.75, 3.05) is 38.7 Å². The number of carbonyl (C=O) groups excluding carboxylic acids is 1. The Balaban J connectivity index is 1.84. The Morgan fingerprint density at radius 1 is 1.13 bits per heavy atom. The monoisotopic (exact) mass is 457 g/mol. The number of amides is 1. The van der Waals surface area contributed by atoms with E-state index in [1.165, 1.54) is 16.2 Å². The Hall–Kier alpha value is -2.09. The van der Waals surface area contributed by atoms with Gasteiger partial charge in [-0.3, -0.25) is 9.69 Å². The molecule has 0 aliphatic carbocycles. The van der Waals surface area contributed by atoms with Crippen LogP contribution in [0.15, 0.2) is 47.4 Å². The largest absolute Gasteiger partial charge is 0.492 e. The molecule has 0 aliphatic rings. The number of hydrogen-bond acceptors (Lipinski definition) is 6. The maximum atomic E-state index is 13.3. The zero-order chi connectivity index (χ0) is 22.4. The van der Waals surface area contributed by atoms with E-state index in [0.29, 0.717) is 24.8 Å². The number of nitrogens with zero attached hydrogens (tertiary/aromatic N) is 3. The standard InChI is InChI=1S/C24H31N3O2S2/c1-6-29-20-8-7-9-21-23(20)25-24(31-21)27(15-14-26(4)5)22(28)16-18-10-12-19(13-11-18)30-17(2)3/h7-13,17H,6,14-16H2,1-5H3. The van der Waals surface area contributed by atoms with Crippen LogP contribution in [0.2, 0.25) is 0 Å². The molecule has 0 saturated carbocycles. The number of ether oxygens (including phenoxy) is 1. The van der Waals surface area contributed by atoms with Crippen molar-refractivity contribution in [2.45, 2.75) is 37.3 Å². The van der Waals surface area contributed by atoms with Gasteiger partial charge in [0.1, 0.15) is 11.3 Å². The van der Waals surface area contributed by atoms with E-state index in [2.05, 4.69) is 43.0 Å². The van der Waals surface area contributed by atoms with E-state index in [-0.39, 0.29) is 5.91 Å². The summed E-state index contributed by atoms with van der Waals surface area (Å²) in [6, 6.07) is 14.2. The van der Waals surface area contributed by atoms with Crippen molar-refractivity contribution < 1.29 is 9.53 Å². The average molecular weight is 458 g/mol. The van der Waals surface area contributed by atoms with E-state index >= 15 is 0 Å². The number of thiazole rings is 1. The molecule has 31 heavy (non-hydrogen) atoms. The van der Waals surface area contributed by atoms with Crippen molar-refractivity contribution in [3.8, 4) is 5.75 Å². The third-order valence-corrected chi connectivity index (χ3v) is 6.68. The highest BCUT2D eigenvalue weighted by Gasteiger charge is 2.21. The molecule has 0 saturated heterocycles. The van der Waals surface area contributed by atoms with Crippen LogP contribution in [0.1, 0.15) is 26.3 Å². The van der Waals surface area contributed by atoms with E-state index in [1.54, 1.807) is 0 Å². The number of anilines is 1. The number of aromatic nitrogens is 1. The van der Waals surface area contributed by atoms with Crippen LogP contribution in [0, 0.1) is 0 Å². The minimum absolute atomic E-state index is 0.0585. The molecule has 1 amide bonds. The molecule has 2 aromatic carbocycles. The number of fused-ring (bicyclic) bond motifs is 1. The summed E-state index contributed by atoms with van der Waals surface area (Å²) in [5, 5.41) is 1.26. The Morgan fingerprint density at radius 3 is 2.52 bits per heavy atom. The Bertz CT molecular complexity index is 1000. The minimum atomic E-state index is 0.0585. The van der Waals surface area contributed by atoms with Gasteiger partial charge >= 0.3 is 0 Å². The second-order valence-electron chi connectivity index (χ2n) is 7.87. The Kier molecular flexibility index (Phi) is 8.35. The van der Waals surface area contributed by atoms with E-state index in [9.17, 15) is 4.79 Å². The van der Waals surface area contributed by atoms with Crippen LogP contribution < -0.4 is 9.64 Å². The number of benzene rings is 2. The van der Waals surface area contributed by atoms with Gasteiger partial charge in [0.05, 0.1) is 17.7 Å². The van der Waals surface area contributed by atoms with Gasteiger partial charge < -0.3 is 9.64 Å². The van der Waals surface area contributed by atoms with Crippen LogP contribution in [-0.4, -0.2) is 54.8 Å². The Labute approximate surface area is 193 Å². The maximum Gasteiger partial charge on any atom is 0.233 e. The molecular weight excluding hydrogens is 426 g/mol. The molecule has 0 bridgehead atoms. The lowest BCUT2D eigenvalue weighted by atomic mass is 10.1. The lowest BCUT2D eigenvalue weighted by molar-refractivity contribution is -0.118. The molecule has 3 rings (SSSR count). The molecule has 0 aliphatic heterocycles. The van der Waals surface area contributed by atoms with Crippen LogP contribution in [-0.2, 0) is 11.2 Å². The van der Waals surface area contributed by atoms with Gasteiger partial charge in [-0.05, 0) is 50.8 Å². The van der Waals surface area contributed by atoms with E-state index in [0.717, 1.165) is 33.2 Å². The summed E-state index contributed by atoms with van der Waals surface area (Å²) in [4.78, 5) is 23.2.